The van der Waals surface area contributed by atoms with Crippen LogP contribution in [-0.2, 0) is 0 Å². The van der Waals surface area contributed by atoms with Gasteiger partial charge in [0.25, 0.3) is 0 Å². The summed E-state index contributed by atoms with van der Waals surface area (Å²) < 4.78 is 6.98. The van der Waals surface area contributed by atoms with Crippen molar-refractivity contribution in [3.05, 3.63) is 51.0 Å². The number of hydrogen-bond acceptors (Lipinski definition) is 2. The smallest absolute Gasteiger partial charge is 0.227 e. The summed E-state index contributed by atoms with van der Waals surface area (Å²) in [7, 11) is 0. The van der Waals surface area contributed by atoms with Gasteiger partial charge in [0.1, 0.15) is 5.52 Å². The molecule has 0 aliphatic heterocycles. The number of benzene rings is 2. The van der Waals surface area contributed by atoms with Crippen LogP contribution in [0.4, 0.5) is 0 Å². The molecule has 0 N–H and O–H groups in total. The molecular formula is C17H16BrNO. The van der Waals surface area contributed by atoms with Crippen molar-refractivity contribution in [2.45, 2.75) is 27.7 Å². The molecule has 20 heavy (non-hydrogen) atoms. The van der Waals surface area contributed by atoms with Crippen LogP contribution in [-0.4, -0.2) is 4.98 Å². The lowest BCUT2D eigenvalue weighted by atomic mass is 10.1. The number of halogens is 1. The molecule has 0 aliphatic carbocycles. The SMILES string of the molecule is Cc1ccc(-c2nc3cc(C)c(C)c(Br)c3o2)c(C)c1. The first-order chi connectivity index (χ1) is 9.47. The maximum absolute atomic E-state index is 5.98. The van der Waals surface area contributed by atoms with Crippen LogP contribution in [0.1, 0.15) is 22.3 Å². The van der Waals surface area contributed by atoms with Crippen molar-refractivity contribution in [1.82, 2.24) is 4.98 Å². The minimum absolute atomic E-state index is 0.684. The summed E-state index contributed by atoms with van der Waals surface area (Å²) in [5.74, 6) is 0.684. The second-order valence-electron chi connectivity index (χ2n) is 5.32. The lowest BCUT2D eigenvalue weighted by Crippen LogP contribution is -1.84. The van der Waals surface area contributed by atoms with Gasteiger partial charge in [0.2, 0.25) is 5.89 Å². The van der Waals surface area contributed by atoms with E-state index in [-0.39, 0.29) is 0 Å². The lowest BCUT2D eigenvalue weighted by Gasteiger charge is -2.02. The van der Waals surface area contributed by atoms with Crippen LogP contribution in [0.2, 0.25) is 0 Å². The Bertz CT molecular complexity index is 817. The molecule has 0 fully saturated rings. The highest BCUT2D eigenvalue weighted by atomic mass is 79.9. The van der Waals surface area contributed by atoms with E-state index in [0.29, 0.717) is 5.89 Å². The molecule has 2 nitrogen and oxygen atoms in total. The molecule has 0 saturated heterocycles. The fourth-order valence-corrected chi connectivity index (χ4v) is 3.01. The minimum atomic E-state index is 0.684. The molecule has 0 amide bonds. The molecule has 0 radical (unpaired) electrons. The van der Waals surface area contributed by atoms with Crippen molar-refractivity contribution in [3.63, 3.8) is 0 Å². The Balaban J connectivity index is 2.26. The normalized spacial score (nSPS) is 11.2. The van der Waals surface area contributed by atoms with Crippen molar-refractivity contribution in [1.29, 1.82) is 0 Å². The first-order valence-electron chi connectivity index (χ1n) is 6.61. The van der Waals surface area contributed by atoms with Crippen LogP contribution in [0.5, 0.6) is 0 Å². The molecule has 0 atom stereocenters. The molecule has 2 aromatic carbocycles. The van der Waals surface area contributed by atoms with Gasteiger partial charge < -0.3 is 4.42 Å². The standard InChI is InChI=1S/C17H16BrNO/c1-9-5-6-13(11(3)7-9)17-19-14-8-10(2)12(4)15(18)16(14)20-17/h5-8H,1-4H3. The molecule has 0 saturated carbocycles. The van der Waals surface area contributed by atoms with E-state index >= 15 is 0 Å². The van der Waals surface area contributed by atoms with E-state index in [0.717, 1.165) is 21.1 Å². The number of nitrogens with zero attached hydrogens (tertiary/aromatic N) is 1. The fourth-order valence-electron chi connectivity index (χ4n) is 2.41. The van der Waals surface area contributed by atoms with Gasteiger partial charge in [-0.1, -0.05) is 17.7 Å². The third-order valence-electron chi connectivity index (χ3n) is 3.74. The first kappa shape index (κ1) is 13.4. The van der Waals surface area contributed by atoms with Gasteiger partial charge in [-0.05, 0) is 72.4 Å². The van der Waals surface area contributed by atoms with E-state index in [2.05, 4.69) is 72.9 Å². The van der Waals surface area contributed by atoms with Gasteiger partial charge in [0.05, 0.1) is 4.47 Å². The van der Waals surface area contributed by atoms with Crippen LogP contribution in [0.15, 0.2) is 33.2 Å². The third kappa shape index (κ3) is 2.06. The zero-order chi connectivity index (χ0) is 14.4. The number of oxazole rings is 1. The van der Waals surface area contributed by atoms with Crippen molar-refractivity contribution in [2.75, 3.05) is 0 Å². The molecule has 3 aromatic rings. The molecule has 0 aliphatic rings. The third-order valence-corrected chi connectivity index (χ3v) is 4.69. The monoisotopic (exact) mass is 329 g/mol. The van der Waals surface area contributed by atoms with E-state index < -0.39 is 0 Å². The molecule has 1 heterocycles. The van der Waals surface area contributed by atoms with Crippen LogP contribution in [0, 0.1) is 27.7 Å². The Hall–Kier alpha value is -1.61. The van der Waals surface area contributed by atoms with Crippen LogP contribution >= 0.6 is 15.9 Å². The molecule has 0 spiro atoms. The molecule has 102 valence electrons. The maximum Gasteiger partial charge on any atom is 0.227 e. The van der Waals surface area contributed by atoms with Crippen LogP contribution in [0.25, 0.3) is 22.6 Å². The van der Waals surface area contributed by atoms with Gasteiger partial charge in [-0.25, -0.2) is 4.98 Å². The Kier molecular flexibility index (Phi) is 3.17. The van der Waals surface area contributed by atoms with Crippen molar-refractivity contribution >= 4 is 27.0 Å². The van der Waals surface area contributed by atoms with Crippen molar-refractivity contribution < 1.29 is 4.42 Å². The number of hydrogen-bond donors (Lipinski definition) is 0. The van der Waals surface area contributed by atoms with Gasteiger partial charge in [-0.3, -0.25) is 0 Å². The molecule has 1 aromatic heterocycles. The molecule has 0 bridgehead atoms. The highest BCUT2D eigenvalue weighted by Gasteiger charge is 2.15. The van der Waals surface area contributed by atoms with Gasteiger partial charge in [-0.2, -0.15) is 0 Å². The summed E-state index contributed by atoms with van der Waals surface area (Å²) in [6.07, 6.45) is 0. The Morgan fingerprint density at radius 1 is 1.00 bits per heavy atom. The number of rotatable bonds is 1. The summed E-state index contributed by atoms with van der Waals surface area (Å²) in [5, 5.41) is 0. The fraction of sp³-hybridized carbons (Fsp3) is 0.235. The summed E-state index contributed by atoms with van der Waals surface area (Å²) in [6, 6.07) is 8.38. The maximum atomic E-state index is 5.98. The Labute approximate surface area is 127 Å². The number of aryl methyl sites for hydroxylation is 3. The van der Waals surface area contributed by atoms with Crippen molar-refractivity contribution in [3.8, 4) is 11.5 Å². The second kappa shape index (κ2) is 4.74. The summed E-state index contributed by atoms with van der Waals surface area (Å²) in [4.78, 5) is 4.64. The largest absolute Gasteiger partial charge is 0.435 e. The van der Waals surface area contributed by atoms with Crippen LogP contribution in [0.3, 0.4) is 0 Å². The second-order valence-corrected chi connectivity index (χ2v) is 6.11. The van der Waals surface area contributed by atoms with Gasteiger partial charge in [0, 0.05) is 5.56 Å². The quantitative estimate of drug-likeness (QED) is 0.589. The lowest BCUT2D eigenvalue weighted by molar-refractivity contribution is 0.617. The summed E-state index contributed by atoms with van der Waals surface area (Å²) >= 11 is 3.61. The molecule has 3 rings (SSSR count). The number of fused-ring (bicyclic) bond motifs is 1. The van der Waals surface area contributed by atoms with E-state index in [1.807, 2.05) is 0 Å². The average Bonchev–Trinajstić information content (AvgIpc) is 2.80. The molecular weight excluding hydrogens is 314 g/mol. The highest BCUT2D eigenvalue weighted by molar-refractivity contribution is 9.10. The first-order valence-corrected chi connectivity index (χ1v) is 7.40. The predicted octanol–water partition coefficient (Wildman–Crippen LogP) is 5.49. The topological polar surface area (TPSA) is 26.0 Å². The van der Waals surface area contributed by atoms with Gasteiger partial charge in [-0.15, -0.1) is 0 Å². The van der Waals surface area contributed by atoms with Gasteiger partial charge >= 0.3 is 0 Å². The molecule has 0 unspecified atom stereocenters. The Morgan fingerprint density at radius 3 is 2.45 bits per heavy atom. The van der Waals surface area contributed by atoms with E-state index in [4.69, 9.17) is 4.42 Å². The Morgan fingerprint density at radius 2 is 1.75 bits per heavy atom. The van der Waals surface area contributed by atoms with E-state index in [1.165, 1.54) is 22.3 Å². The van der Waals surface area contributed by atoms with E-state index in [9.17, 15) is 0 Å². The zero-order valence-corrected chi connectivity index (χ0v) is 13.6. The summed E-state index contributed by atoms with van der Waals surface area (Å²) in [6.45, 7) is 8.35. The minimum Gasteiger partial charge on any atom is -0.435 e. The van der Waals surface area contributed by atoms with Gasteiger partial charge in [0.15, 0.2) is 5.58 Å². The van der Waals surface area contributed by atoms with Crippen LogP contribution < -0.4 is 0 Å². The average molecular weight is 330 g/mol. The zero-order valence-electron chi connectivity index (χ0n) is 12.0. The van der Waals surface area contributed by atoms with E-state index in [1.54, 1.807) is 0 Å². The molecule has 3 heteroatoms. The predicted molar refractivity (Wildman–Crippen MR) is 86.1 cm³/mol. The number of aromatic nitrogens is 1. The van der Waals surface area contributed by atoms with Crippen molar-refractivity contribution in [2.24, 2.45) is 0 Å². The summed E-state index contributed by atoms with van der Waals surface area (Å²) in [5.41, 5.74) is 7.61. The highest BCUT2D eigenvalue weighted by Crippen LogP contribution is 2.34.